The number of carboxylic acid groups (broad SMARTS) is 1. The zero-order valence-electron chi connectivity index (χ0n) is 16.5. The Morgan fingerprint density at radius 3 is 2.74 bits per heavy atom. The maximum absolute atomic E-state index is 13.2. The fourth-order valence-corrected chi connectivity index (χ4v) is 5.18. The molecule has 0 spiro atoms. The number of ether oxygens (including phenoxy) is 2. The third kappa shape index (κ3) is 4.70. The topological polar surface area (TPSA) is 94.8 Å². The third-order valence-corrected chi connectivity index (χ3v) is 6.74. The lowest BCUT2D eigenvalue weighted by Gasteiger charge is -2.10. The van der Waals surface area contributed by atoms with Crippen LogP contribution in [0.1, 0.15) is 24.1 Å². The predicted molar refractivity (Wildman–Crippen MR) is 118 cm³/mol. The maximum Gasteiger partial charge on any atom is 0.303 e. The lowest BCUT2D eigenvalue weighted by molar-refractivity contribution is -0.137. The lowest BCUT2D eigenvalue weighted by Crippen LogP contribution is -2.18. The average Bonchev–Trinajstić information content (AvgIpc) is 3.31. The zero-order valence-corrected chi connectivity index (χ0v) is 18.0. The number of halogens is 1. The lowest BCUT2D eigenvalue weighted by atomic mass is 10.2. The Morgan fingerprint density at radius 2 is 1.94 bits per heavy atom. The van der Waals surface area contributed by atoms with Crippen LogP contribution < -0.4 is 9.47 Å². The molecule has 3 aromatic rings. The first kappa shape index (κ1) is 21.3. The molecule has 0 fully saturated rings. The van der Waals surface area contributed by atoms with Gasteiger partial charge in [0.25, 0.3) is 0 Å². The highest BCUT2D eigenvalue weighted by Crippen LogP contribution is 2.33. The fourth-order valence-electron chi connectivity index (χ4n) is 3.54. The first-order valence-corrected chi connectivity index (χ1v) is 11.6. The summed E-state index contributed by atoms with van der Waals surface area (Å²) in [7, 11) is -3.74. The van der Waals surface area contributed by atoms with E-state index in [2.05, 4.69) is 0 Å². The molecule has 0 amide bonds. The molecule has 1 aromatic heterocycles. The van der Waals surface area contributed by atoms with Gasteiger partial charge in [0.05, 0.1) is 11.3 Å². The largest absolute Gasteiger partial charge is 0.481 e. The van der Waals surface area contributed by atoms with Gasteiger partial charge in [0, 0.05) is 22.5 Å². The van der Waals surface area contributed by atoms with E-state index in [4.69, 9.17) is 26.2 Å². The third-order valence-electron chi connectivity index (χ3n) is 4.91. The van der Waals surface area contributed by atoms with Gasteiger partial charge in [-0.3, -0.25) is 4.79 Å². The van der Waals surface area contributed by atoms with Crippen LogP contribution >= 0.6 is 11.6 Å². The minimum absolute atomic E-state index is 0.0354. The van der Waals surface area contributed by atoms with Crippen molar-refractivity contribution in [2.45, 2.75) is 19.3 Å². The highest BCUT2D eigenvalue weighted by atomic mass is 35.5. The molecular weight excluding hydrogens is 442 g/mol. The number of aromatic nitrogens is 1. The number of fused-ring (bicyclic) bond motifs is 2. The summed E-state index contributed by atoms with van der Waals surface area (Å²) in [4.78, 5) is 10.9. The Morgan fingerprint density at radius 1 is 1.13 bits per heavy atom. The Bertz CT molecular complexity index is 1280. The molecule has 9 heteroatoms. The zero-order chi connectivity index (χ0) is 22.0. The molecule has 31 heavy (non-hydrogen) atoms. The molecular formula is C22H20ClNO6S. The number of rotatable bonds is 8. The Kier molecular flexibility index (Phi) is 5.93. The number of hydrogen-bond acceptors (Lipinski definition) is 5. The van der Waals surface area contributed by atoms with Crippen LogP contribution in [0.25, 0.3) is 17.0 Å². The van der Waals surface area contributed by atoms with Gasteiger partial charge in [0.1, 0.15) is 0 Å². The second kappa shape index (κ2) is 8.64. The maximum atomic E-state index is 13.2. The molecule has 0 radical (unpaired) electrons. The van der Waals surface area contributed by atoms with E-state index in [0.29, 0.717) is 46.0 Å². The number of aliphatic carboxylic acids is 1. The number of carboxylic acids is 1. The summed E-state index contributed by atoms with van der Waals surface area (Å²) < 4.78 is 38.3. The van der Waals surface area contributed by atoms with Gasteiger partial charge in [-0.25, -0.2) is 12.4 Å². The minimum Gasteiger partial charge on any atom is -0.481 e. The molecule has 1 aliphatic heterocycles. The molecule has 0 atom stereocenters. The average molecular weight is 462 g/mol. The quantitative estimate of drug-likeness (QED) is 0.536. The van der Waals surface area contributed by atoms with Crippen molar-refractivity contribution in [1.29, 1.82) is 0 Å². The smallest absolute Gasteiger partial charge is 0.303 e. The van der Waals surface area contributed by atoms with Crippen LogP contribution in [0.4, 0.5) is 0 Å². The number of carbonyl (C=O) groups is 1. The molecule has 0 unspecified atom stereocenters. The first-order valence-electron chi connectivity index (χ1n) is 9.64. The van der Waals surface area contributed by atoms with Gasteiger partial charge < -0.3 is 14.6 Å². The number of aryl methyl sites for hydroxylation is 1. The number of hydrogen-bond donors (Lipinski definition) is 1. The van der Waals surface area contributed by atoms with Crippen molar-refractivity contribution in [1.82, 2.24) is 3.97 Å². The van der Waals surface area contributed by atoms with E-state index in [1.54, 1.807) is 48.6 Å². The van der Waals surface area contributed by atoms with Gasteiger partial charge in [-0.2, -0.15) is 0 Å². The summed E-state index contributed by atoms with van der Waals surface area (Å²) in [6.45, 7) is 0.173. The predicted octanol–water partition coefficient (Wildman–Crippen LogP) is 4.32. The van der Waals surface area contributed by atoms with Crippen LogP contribution in [0, 0.1) is 0 Å². The molecule has 1 N–H and O–H groups in total. The van der Waals surface area contributed by atoms with Crippen LogP contribution in [0.15, 0.2) is 48.5 Å². The van der Waals surface area contributed by atoms with Crippen LogP contribution in [-0.4, -0.2) is 36.0 Å². The van der Waals surface area contributed by atoms with E-state index in [0.717, 1.165) is 5.56 Å². The molecule has 4 rings (SSSR count). The van der Waals surface area contributed by atoms with Crippen molar-refractivity contribution < 1.29 is 27.8 Å². The van der Waals surface area contributed by atoms with E-state index >= 15 is 0 Å². The Balaban J connectivity index is 1.61. The van der Waals surface area contributed by atoms with Crippen molar-refractivity contribution >= 4 is 44.6 Å². The van der Waals surface area contributed by atoms with Crippen molar-refractivity contribution in [3.8, 4) is 11.5 Å². The van der Waals surface area contributed by atoms with E-state index in [1.165, 1.54) is 3.97 Å². The standard InChI is InChI=1S/C22H20ClNO6S/c23-17-7-8-19-16(12-17)13-18(4-1-5-22(25)26)24(19)31(27,28)10-2-3-15-6-9-20-21(11-15)30-14-29-20/h2-3,6-9,11-13H,1,4-5,10,14H2,(H,25,26). The SMILES string of the molecule is O=C(O)CCCc1cc2cc(Cl)ccc2n1S(=O)(=O)CC=Cc1ccc2c(c1)OCO2. The molecule has 2 aromatic carbocycles. The van der Waals surface area contributed by atoms with Gasteiger partial charge in [-0.1, -0.05) is 29.8 Å². The molecule has 0 saturated carbocycles. The summed E-state index contributed by atoms with van der Waals surface area (Å²) in [6.07, 6.45) is 3.92. The minimum atomic E-state index is -3.74. The van der Waals surface area contributed by atoms with Crippen molar-refractivity contribution in [3.63, 3.8) is 0 Å². The molecule has 0 saturated heterocycles. The Hall–Kier alpha value is -2.97. The molecule has 0 bridgehead atoms. The second-order valence-corrected chi connectivity index (χ2v) is 9.44. The van der Waals surface area contributed by atoms with E-state index < -0.39 is 16.0 Å². The van der Waals surface area contributed by atoms with Crippen LogP contribution in [0.2, 0.25) is 5.02 Å². The highest BCUT2D eigenvalue weighted by Gasteiger charge is 2.20. The van der Waals surface area contributed by atoms with Crippen LogP contribution in [-0.2, 0) is 21.2 Å². The van der Waals surface area contributed by atoms with Crippen LogP contribution in [0.3, 0.4) is 0 Å². The van der Waals surface area contributed by atoms with Gasteiger partial charge in [0.2, 0.25) is 16.8 Å². The van der Waals surface area contributed by atoms with Crippen molar-refractivity contribution in [2.75, 3.05) is 12.5 Å². The monoisotopic (exact) mass is 461 g/mol. The van der Waals surface area contributed by atoms with Crippen molar-refractivity contribution in [3.05, 3.63) is 64.8 Å². The molecule has 2 heterocycles. The first-order chi connectivity index (χ1) is 14.8. The van der Waals surface area contributed by atoms with Gasteiger partial charge >= 0.3 is 5.97 Å². The Labute approximate surface area is 184 Å². The molecule has 0 aliphatic carbocycles. The molecule has 1 aliphatic rings. The second-order valence-electron chi connectivity index (χ2n) is 7.14. The summed E-state index contributed by atoms with van der Waals surface area (Å²) >= 11 is 6.07. The van der Waals surface area contributed by atoms with Gasteiger partial charge in [-0.15, -0.1) is 0 Å². The van der Waals surface area contributed by atoms with E-state index in [-0.39, 0.29) is 19.0 Å². The fraction of sp³-hybridized carbons (Fsp3) is 0.227. The molecule has 162 valence electrons. The van der Waals surface area contributed by atoms with Gasteiger partial charge in [-0.05, 0) is 54.8 Å². The summed E-state index contributed by atoms with van der Waals surface area (Å²) in [5.41, 5.74) is 1.85. The normalized spacial score (nSPS) is 13.3. The van der Waals surface area contributed by atoms with E-state index in [9.17, 15) is 13.2 Å². The van der Waals surface area contributed by atoms with Gasteiger partial charge in [0.15, 0.2) is 11.5 Å². The molecule has 7 nitrogen and oxygen atoms in total. The number of benzene rings is 2. The summed E-state index contributed by atoms with van der Waals surface area (Å²) in [5.74, 6) is 0.146. The number of nitrogens with zero attached hydrogens (tertiary/aromatic N) is 1. The van der Waals surface area contributed by atoms with Crippen molar-refractivity contribution in [2.24, 2.45) is 0 Å². The summed E-state index contributed by atoms with van der Waals surface area (Å²) in [6, 6.07) is 12.1. The summed E-state index contributed by atoms with van der Waals surface area (Å²) in [5, 5.41) is 10.1. The van der Waals surface area contributed by atoms with Crippen LogP contribution in [0.5, 0.6) is 11.5 Å². The van der Waals surface area contributed by atoms with E-state index in [1.807, 2.05) is 6.07 Å². The highest BCUT2D eigenvalue weighted by molar-refractivity contribution is 7.90.